The van der Waals surface area contributed by atoms with Gasteiger partial charge < -0.3 is 24.8 Å². The standard InChI is InChI=1S/C21H22N2O6/c1-28-17-7-6-16(10-18(17)29-2)23-12-15(9-19(23)24)20(25)22-11-13-4-3-5-14(8-13)21(26)27/h3-8,10,15H,9,11-12H2,1-2H3,(H,22,25)(H,26,27). The first-order valence-corrected chi connectivity index (χ1v) is 9.05. The number of nitrogens with one attached hydrogen (secondary N) is 1. The Hall–Kier alpha value is -3.55. The molecule has 1 saturated heterocycles. The summed E-state index contributed by atoms with van der Waals surface area (Å²) in [4.78, 5) is 37.6. The van der Waals surface area contributed by atoms with Gasteiger partial charge in [0, 0.05) is 31.3 Å². The first kappa shape index (κ1) is 20.2. The zero-order chi connectivity index (χ0) is 21.0. The van der Waals surface area contributed by atoms with Crippen molar-refractivity contribution in [3.63, 3.8) is 0 Å². The smallest absolute Gasteiger partial charge is 0.335 e. The van der Waals surface area contributed by atoms with E-state index in [-0.39, 0.29) is 36.9 Å². The van der Waals surface area contributed by atoms with Gasteiger partial charge in [-0.15, -0.1) is 0 Å². The van der Waals surface area contributed by atoms with Gasteiger partial charge in [0.25, 0.3) is 0 Å². The van der Waals surface area contributed by atoms with Gasteiger partial charge in [0.05, 0.1) is 25.7 Å². The largest absolute Gasteiger partial charge is 0.493 e. The van der Waals surface area contributed by atoms with Gasteiger partial charge in [-0.1, -0.05) is 12.1 Å². The monoisotopic (exact) mass is 398 g/mol. The Morgan fingerprint density at radius 2 is 1.90 bits per heavy atom. The third kappa shape index (κ3) is 4.48. The molecule has 152 valence electrons. The van der Waals surface area contributed by atoms with Crippen molar-refractivity contribution in [2.24, 2.45) is 5.92 Å². The maximum absolute atomic E-state index is 12.5. The summed E-state index contributed by atoms with van der Waals surface area (Å²) in [5.41, 5.74) is 1.48. The Bertz CT molecular complexity index is 943. The second-order valence-corrected chi connectivity index (χ2v) is 6.67. The number of hydrogen-bond acceptors (Lipinski definition) is 5. The third-order valence-corrected chi connectivity index (χ3v) is 4.82. The number of hydrogen-bond donors (Lipinski definition) is 2. The molecule has 1 fully saturated rings. The molecule has 29 heavy (non-hydrogen) atoms. The van der Waals surface area contributed by atoms with Gasteiger partial charge in [-0.2, -0.15) is 0 Å². The van der Waals surface area contributed by atoms with Gasteiger partial charge in [-0.3, -0.25) is 9.59 Å². The minimum Gasteiger partial charge on any atom is -0.493 e. The first-order chi connectivity index (χ1) is 13.9. The fourth-order valence-corrected chi connectivity index (χ4v) is 3.27. The third-order valence-electron chi connectivity index (χ3n) is 4.82. The molecule has 1 atom stereocenters. The minimum atomic E-state index is -1.02. The van der Waals surface area contributed by atoms with E-state index in [4.69, 9.17) is 14.6 Å². The van der Waals surface area contributed by atoms with Gasteiger partial charge in [0.2, 0.25) is 11.8 Å². The molecular formula is C21H22N2O6. The Morgan fingerprint density at radius 1 is 1.14 bits per heavy atom. The highest BCUT2D eigenvalue weighted by atomic mass is 16.5. The predicted octanol–water partition coefficient (Wildman–Crippen LogP) is 2.07. The van der Waals surface area contributed by atoms with Crippen molar-refractivity contribution in [3.8, 4) is 11.5 Å². The molecule has 3 rings (SSSR count). The van der Waals surface area contributed by atoms with Crippen LogP contribution in [0.3, 0.4) is 0 Å². The number of carboxylic acids is 1. The molecule has 0 radical (unpaired) electrons. The lowest BCUT2D eigenvalue weighted by Gasteiger charge is -2.18. The van der Waals surface area contributed by atoms with E-state index < -0.39 is 11.9 Å². The quantitative estimate of drug-likeness (QED) is 0.740. The van der Waals surface area contributed by atoms with Gasteiger partial charge in [0.15, 0.2) is 11.5 Å². The second kappa shape index (κ2) is 8.64. The zero-order valence-electron chi connectivity index (χ0n) is 16.2. The molecule has 2 aromatic rings. The Kier molecular flexibility index (Phi) is 6.01. The zero-order valence-corrected chi connectivity index (χ0v) is 16.2. The molecule has 0 spiro atoms. The van der Waals surface area contributed by atoms with E-state index in [2.05, 4.69) is 5.32 Å². The number of nitrogens with zero attached hydrogens (tertiary/aromatic N) is 1. The number of methoxy groups -OCH3 is 2. The SMILES string of the molecule is COc1ccc(N2CC(C(=O)NCc3cccc(C(=O)O)c3)CC2=O)cc1OC. The Balaban J connectivity index is 1.64. The number of benzene rings is 2. The first-order valence-electron chi connectivity index (χ1n) is 9.05. The molecule has 0 saturated carbocycles. The van der Waals surface area contributed by atoms with E-state index >= 15 is 0 Å². The van der Waals surface area contributed by atoms with Gasteiger partial charge in [0.1, 0.15) is 0 Å². The van der Waals surface area contributed by atoms with Gasteiger partial charge >= 0.3 is 5.97 Å². The van der Waals surface area contributed by atoms with Crippen molar-refractivity contribution in [1.82, 2.24) is 5.32 Å². The van der Waals surface area contributed by atoms with Crippen LogP contribution in [0.15, 0.2) is 42.5 Å². The maximum Gasteiger partial charge on any atom is 0.335 e. The predicted molar refractivity (Wildman–Crippen MR) is 105 cm³/mol. The number of amides is 2. The topological polar surface area (TPSA) is 105 Å². The van der Waals surface area contributed by atoms with E-state index in [0.717, 1.165) is 0 Å². The number of rotatable bonds is 7. The summed E-state index contributed by atoms with van der Waals surface area (Å²) >= 11 is 0. The molecule has 2 amide bonds. The van der Waals surface area contributed by atoms with Crippen molar-refractivity contribution in [3.05, 3.63) is 53.6 Å². The fraction of sp³-hybridized carbons (Fsp3) is 0.286. The summed E-state index contributed by atoms with van der Waals surface area (Å²) in [6.45, 7) is 0.455. The molecule has 0 bridgehead atoms. The number of carboxylic acid groups (broad SMARTS) is 1. The summed E-state index contributed by atoms with van der Waals surface area (Å²) in [5, 5.41) is 11.8. The molecule has 0 aromatic heterocycles. The summed E-state index contributed by atoms with van der Waals surface area (Å²) in [6, 6.07) is 11.5. The van der Waals surface area contributed by atoms with Crippen LogP contribution in [-0.2, 0) is 16.1 Å². The Morgan fingerprint density at radius 3 is 2.59 bits per heavy atom. The van der Waals surface area contributed by atoms with Gasteiger partial charge in [-0.05, 0) is 29.8 Å². The van der Waals surface area contributed by atoms with Crippen LogP contribution in [0.1, 0.15) is 22.3 Å². The molecule has 8 nitrogen and oxygen atoms in total. The number of aromatic carboxylic acids is 1. The number of anilines is 1. The van der Waals surface area contributed by atoms with Crippen molar-refractivity contribution < 1.29 is 29.0 Å². The molecule has 1 aliphatic rings. The van der Waals surface area contributed by atoms with E-state index in [1.165, 1.54) is 26.4 Å². The average molecular weight is 398 g/mol. The molecular weight excluding hydrogens is 376 g/mol. The van der Waals surface area contributed by atoms with Crippen LogP contribution < -0.4 is 19.7 Å². The van der Waals surface area contributed by atoms with Crippen molar-refractivity contribution in [2.45, 2.75) is 13.0 Å². The molecule has 8 heteroatoms. The molecule has 2 N–H and O–H groups in total. The number of ether oxygens (including phenoxy) is 2. The summed E-state index contributed by atoms with van der Waals surface area (Å²) in [6.07, 6.45) is 0.106. The van der Waals surface area contributed by atoms with Crippen LogP contribution in [0.5, 0.6) is 11.5 Å². The highest BCUT2D eigenvalue weighted by Crippen LogP contribution is 2.34. The lowest BCUT2D eigenvalue weighted by atomic mass is 10.1. The number of carbonyl (C=O) groups excluding carboxylic acids is 2. The highest BCUT2D eigenvalue weighted by molar-refractivity contribution is 6.00. The second-order valence-electron chi connectivity index (χ2n) is 6.67. The van der Waals surface area contributed by atoms with Gasteiger partial charge in [-0.25, -0.2) is 4.79 Å². The van der Waals surface area contributed by atoms with Crippen molar-refractivity contribution in [1.29, 1.82) is 0 Å². The molecule has 1 unspecified atom stereocenters. The Labute approximate surface area is 168 Å². The van der Waals surface area contributed by atoms with Crippen molar-refractivity contribution >= 4 is 23.5 Å². The van der Waals surface area contributed by atoms with Crippen LogP contribution in [0.25, 0.3) is 0 Å². The van der Waals surface area contributed by atoms with Crippen LogP contribution in [0, 0.1) is 5.92 Å². The van der Waals surface area contributed by atoms with Crippen LogP contribution >= 0.6 is 0 Å². The van der Waals surface area contributed by atoms with Crippen LogP contribution in [0.2, 0.25) is 0 Å². The maximum atomic E-state index is 12.5. The van der Waals surface area contributed by atoms with Crippen LogP contribution in [-0.4, -0.2) is 43.7 Å². The summed E-state index contributed by atoms with van der Waals surface area (Å²) in [5.74, 6) is -0.847. The fourth-order valence-electron chi connectivity index (χ4n) is 3.27. The molecule has 1 heterocycles. The molecule has 1 aliphatic heterocycles. The highest BCUT2D eigenvalue weighted by Gasteiger charge is 2.35. The lowest BCUT2D eigenvalue weighted by Crippen LogP contribution is -2.32. The average Bonchev–Trinajstić information content (AvgIpc) is 3.13. The summed E-state index contributed by atoms with van der Waals surface area (Å²) in [7, 11) is 3.05. The molecule has 2 aromatic carbocycles. The van der Waals surface area contributed by atoms with E-state index in [1.54, 1.807) is 35.2 Å². The van der Waals surface area contributed by atoms with E-state index in [1.807, 2.05) is 0 Å². The van der Waals surface area contributed by atoms with Crippen LogP contribution in [0.4, 0.5) is 5.69 Å². The van der Waals surface area contributed by atoms with E-state index in [9.17, 15) is 14.4 Å². The molecule has 0 aliphatic carbocycles. The number of carbonyl (C=O) groups is 3. The van der Waals surface area contributed by atoms with Crippen molar-refractivity contribution in [2.75, 3.05) is 25.7 Å². The normalized spacial score (nSPS) is 15.9. The summed E-state index contributed by atoms with van der Waals surface area (Å²) < 4.78 is 10.5. The van der Waals surface area contributed by atoms with E-state index in [0.29, 0.717) is 22.7 Å². The minimum absolute atomic E-state index is 0.106. The lowest BCUT2D eigenvalue weighted by molar-refractivity contribution is -0.126.